The Morgan fingerprint density at radius 2 is 2.00 bits per heavy atom. The van der Waals surface area contributed by atoms with Crippen LogP contribution in [-0.2, 0) is 17.8 Å². The molecule has 2 rings (SSSR count). The van der Waals surface area contributed by atoms with Gasteiger partial charge in [0, 0.05) is 18.7 Å². The molecule has 1 aromatic rings. The van der Waals surface area contributed by atoms with Crippen molar-refractivity contribution in [1.82, 2.24) is 14.7 Å². The molecule has 1 amide bonds. The Balaban J connectivity index is 0.000000956. The smallest absolute Gasteiger partial charge is 0.245 e. The van der Waals surface area contributed by atoms with Crippen molar-refractivity contribution in [1.29, 1.82) is 5.26 Å². The van der Waals surface area contributed by atoms with E-state index in [2.05, 4.69) is 31.1 Å². The van der Waals surface area contributed by atoms with Gasteiger partial charge in [-0.2, -0.15) is 10.4 Å². The van der Waals surface area contributed by atoms with Crippen LogP contribution in [0.5, 0.6) is 0 Å². The molecule has 0 saturated carbocycles. The number of hydrogen-bond acceptors (Lipinski definition) is 3. The summed E-state index contributed by atoms with van der Waals surface area (Å²) in [6, 6.07) is 3.82. The van der Waals surface area contributed by atoms with Gasteiger partial charge in [-0.1, -0.05) is 27.7 Å². The zero-order valence-corrected chi connectivity index (χ0v) is 13.1. The van der Waals surface area contributed by atoms with E-state index in [1.54, 1.807) is 16.5 Å². The third-order valence-corrected chi connectivity index (χ3v) is 3.34. The molecule has 20 heavy (non-hydrogen) atoms. The highest BCUT2D eigenvalue weighted by atomic mass is 16.2. The van der Waals surface area contributed by atoms with Gasteiger partial charge in [0.25, 0.3) is 0 Å². The van der Waals surface area contributed by atoms with Crippen molar-refractivity contribution in [2.45, 2.75) is 59.5 Å². The molecule has 0 bridgehead atoms. The van der Waals surface area contributed by atoms with E-state index in [9.17, 15) is 4.79 Å². The van der Waals surface area contributed by atoms with E-state index in [1.165, 1.54) is 0 Å². The second kappa shape index (κ2) is 7.09. The van der Waals surface area contributed by atoms with Gasteiger partial charge in [-0.15, -0.1) is 0 Å². The molecule has 1 aliphatic rings. The van der Waals surface area contributed by atoms with Gasteiger partial charge in [0.2, 0.25) is 5.91 Å². The first-order valence-corrected chi connectivity index (χ1v) is 7.28. The highest BCUT2D eigenvalue weighted by Gasteiger charge is 2.25. The topological polar surface area (TPSA) is 61.9 Å². The van der Waals surface area contributed by atoms with Crippen molar-refractivity contribution >= 4 is 5.91 Å². The molecule has 0 aliphatic carbocycles. The minimum Gasteiger partial charge on any atom is -0.325 e. The average molecular weight is 276 g/mol. The lowest BCUT2D eigenvalue weighted by atomic mass is 10.1. The molecule has 0 radical (unpaired) electrons. The number of fused-ring (bicyclic) bond motifs is 1. The Morgan fingerprint density at radius 3 is 2.55 bits per heavy atom. The van der Waals surface area contributed by atoms with Crippen LogP contribution in [0.2, 0.25) is 0 Å². The molecular weight excluding hydrogens is 252 g/mol. The summed E-state index contributed by atoms with van der Waals surface area (Å²) in [7, 11) is 0. The van der Waals surface area contributed by atoms with Crippen LogP contribution in [0, 0.1) is 11.3 Å². The van der Waals surface area contributed by atoms with Crippen molar-refractivity contribution < 1.29 is 4.79 Å². The van der Waals surface area contributed by atoms with E-state index in [0.29, 0.717) is 12.5 Å². The monoisotopic (exact) mass is 276 g/mol. The number of rotatable bonds is 2. The van der Waals surface area contributed by atoms with Crippen LogP contribution in [0.3, 0.4) is 0 Å². The van der Waals surface area contributed by atoms with Gasteiger partial charge in [-0.25, -0.2) is 0 Å². The number of hydrogen-bond donors (Lipinski definition) is 0. The van der Waals surface area contributed by atoms with E-state index in [0.717, 1.165) is 17.8 Å². The molecule has 110 valence electrons. The first-order valence-electron chi connectivity index (χ1n) is 7.28. The van der Waals surface area contributed by atoms with Crippen LogP contribution in [0.15, 0.2) is 6.07 Å². The summed E-state index contributed by atoms with van der Waals surface area (Å²) in [6.07, 6.45) is 0.761. The SMILES string of the molecule is CC.CC(C)c1cc2n(n1)CC(=O)N(C(C)C#N)CC2. The van der Waals surface area contributed by atoms with E-state index in [-0.39, 0.29) is 18.5 Å². The number of nitrogens with zero attached hydrogens (tertiary/aromatic N) is 4. The Labute approximate surface area is 121 Å². The molecule has 0 spiro atoms. The van der Waals surface area contributed by atoms with Crippen LogP contribution < -0.4 is 0 Å². The number of carbonyl (C=O) groups excluding carboxylic acids is 1. The highest BCUT2D eigenvalue weighted by Crippen LogP contribution is 2.18. The standard InChI is InChI=1S/C13H18N4O.C2H6/c1-9(2)12-6-11-4-5-16(10(3)7-14)13(18)8-17(11)15-12;1-2/h6,9-10H,4-5,8H2,1-3H3;1-2H3. The zero-order valence-electron chi connectivity index (χ0n) is 13.1. The Bertz CT molecular complexity index is 498. The molecule has 1 aliphatic heterocycles. The second-order valence-electron chi connectivity index (χ2n) is 5.02. The zero-order chi connectivity index (χ0) is 15.3. The fraction of sp³-hybridized carbons (Fsp3) is 0.667. The molecule has 0 N–H and O–H groups in total. The third kappa shape index (κ3) is 3.38. The summed E-state index contributed by atoms with van der Waals surface area (Å²) < 4.78 is 1.78. The quantitative estimate of drug-likeness (QED) is 0.833. The fourth-order valence-electron chi connectivity index (χ4n) is 2.16. The van der Waals surface area contributed by atoms with Crippen molar-refractivity contribution in [3.63, 3.8) is 0 Å². The molecule has 1 atom stereocenters. The molecule has 1 unspecified atom stereocenters. The van der Waals surface area contributed by atoms with Gasteiger partial charge in [-0.05, 0) is 18.9 Å². The molecule has 1 aromatic heterocycles. The van der Waals surface area contributed by atoms with Gasteiger partial charge in [-0.3, -0.25) is 9.48 Å². The lowest BCUT2D eigenvalue weighted by Crippen LogP contribution is -2.39. The van der Waals surface area contributed by atoms with Crippen molar-refractivity contribution in [2.75, 3.05) is 6.54 Å². The van der Waals surface area contributed by atoms with Crippen molar-refractivity contribution in [3.05, 3.63) is 17.5 Å². The molecule has 5 nitrogen and oxygen atoms in total. The van der Waals surface area contributed by atoms with Crippen molar-refractivity contribution in [2.24, 2.45) is 0 Å². The van der Waals surface area contributed by atoms with E-state index >= 15 is 0 Å². The summed E-state index contributed by atoms with van der Waals surface area (Å²) in [5.41, 5.74) is 2.11. The summed E-state index contributed by atoms with van der Waals surface area (Å²) in [5, 5.41) is 13.4. The summed E-state index contributed by atoms with van der Waals surface area (Å²) in [5.74, 6) is 0.342. The summed E-state index contributed by atoms with van der Waals surface area (Å²) in [4.78, 5) is 13.7. The predicted octanol–water partition coefficient (Wildman–Crippen LogP) is 2.33. The first-order chi connectivity index (χ1) is 9.52. The predicted molar refractivity (Wildman–Crippen MR) is 78.2 cm³/mol. The molecule has 0 fully saturated rings. The van der Waals surface area contributed by atoms with Crippen LogP contribution in [0.1, 0.15) is 51.9 Å². The Hall–Kier alpha value is -1.83. The molecule has 2 heterocycles. The number of amides is 1. The Kier molecular flexibility index (Phi) is 5.75. The average Bonchev–Trinajstić information content (AvgIpc) is 2.77. The van der Waals surface area contributed by atoms with Crippen LogP contribution in [0.4, 0.5) is 0 Å². The maximum Gasteiger partial charge on any atom is 0.245 e. The van der Waals surface area contributed by atoms with E-state index in [4.69, 9.17) is 5.26 Å². The Morgan fingerprint density at radius 1 is 1.35 bits per heavy atom. The lowest BCUT2D eigenvalue weighted by molar-refractivity contribution is -0.132. The maximum atomic E-state index is 12.1. The second-order valence-corrected chi connectivity index (χ2v) is 5.02. The fourth-order valence-corrected chi connectivity index (χ4v) is 2.16. The van der Waals surface area contributed by atoms with Gasteiger partial charge in [0.15, 0.2) is 0 Å². The normalized spacial score (nSPS) is 15.8. The first kappa shape index (κ1) is 16.2. The largest absolute Gasteiger partial charge is 0.325 e. The minimum absolute atomic E-state index is 0.0267. The van der Waals surface area contributed by atoms with Gasteiger partial charge >= 0.3 is 0 Å². The maximum absolute atomic E-state index is 12.1. The van der Waals surface area contributed by atoms with Gasteiger partial charge in [0.05, 0.1) is 11.8 Å². The molecule has 0 aromatic carbocycles. The number of carbonyl (C=O) groups is 1. The van der Waals surface area contributed by atoms with Crippen LogP contribution in [-0.4, -0.2) is 33.2 Å². The molecular formula is C15H24N4O. The van der Waals surface area contributed by atoms with Gasteiger partial charge < -0.3 is 4.90 Å². The van der Waals surface area contributed by atoms with Crippen LogP contribution in [0.25, 0.3) is 0 Å². The van der Waals surface area contributed by atoms with E-state index in [1.807, 2.05) is 13.8 Å². The van der Waals surface area contributed by atoms with Gasteiger partial charge in [0.1, 0.15) is 12.6 Å². The number of aromatic nitrogens is 2. The lowest BCUT2D eigenvalue weighted by Gasteiger charge is -2.22. The molecule has 5 heteroatoms. The van der Waals surface area contributed by atoms with Crippen molar-refractivity contribution in [3.8, 4) is 6.07 Å². The summed E-state index contributed by atoms with van der Waals surface area (Å²) >= 11 is 0. The number of nitriles is 1. The third-order valence-electron chi connectivity index (χ3n) is 3.34. The minimum atomic E-state index is -0.369. The highest BCUT2D eigenvalue weighted by molar-refractivity contribution is 5.77. The molecule has 0 saturated heterocycles. The van der Waals surface area contributed by atoms with E-state index < -0.39 is 0 Å². The van der Waals surface area contributed by atoms with Crippen LogP contribution >= 0.6 is 0 Å². The summed E-state index contributed by atoms with van der Waals surface area (Å²) in [6.45, 7) is 10.8.